The lowest BCUT2D eigenvalue weighted by molar-refractivity contribution is -0.870. The molecule has 12 nitrogen and oxygen atoms in total. The van der Waals surface area contributed by atoms with Crippen LogP contribution in [0.15, 0.2) is 36.5 Å². The third kappa shape index (κ3) is 35.6. The molecule has 13 heteroatoms. The molecular formula is C52H94NO11P. The van der Waals surface area contributed by atoms with Crippen LogP contribution < -0.4 is 4.89 Å². The fraction of sp³-hybridized carbons (Fsp3) is 0.827. The molecule has 1 aliphatic carbocycles. The SMILES string of the molecule is CCCCCCCC/C=C\CCCCCCCCCCCCCC(=O)OC[C@H](COP(=O)([O-])OCC[N+](C)(C)C)OC(=O)CCC/C=C\C[C@H]1C(=O)C[C@@H](O)[C@@H]1/C=C/[C@@H](O)CCCCC. The van der Waals surface area contributed by atoms with Gasteiger partial charge in [0.25, 0.3) is 7.82 Å². The van der Waals surface area contributed by atoms with Crippen LogP contribution in [0.1, 0.15) is 200 Å². The molecule has 0 heterocycles. The van der Waals surface area contributed by atoms with E-state index in [1.165, 1.54) is 96.3 Å². The van der Waals surface area contributed by atoms with Crippen LogP contribution >= 0.6 is 7.82 Å². The summed E-state index contributed by atoms with van der Waals surface area (Å²) < 4.78 is 33.9. The lowest BCUT2D eigenvalue weighted by atomic mass is 9.90. The van der Waals surface area contributed by atoms with Gasteiger partial charge in [-0.2, -0.15) is 0 Å². The fourth-order valence-electron chi connectivity index (χ4n) is 7.87. The van der Waals surface area contributed by atoms with Gasteiger partial charge in [-0.25, -0.2) is 0 Å². The van der Waals surface area contributed by atoms with E-state index in [1.807, 2.05) is 33.3 Å². The van der Waals surface area contributed by atoms with Crippen LogP contribution in [0.5, 0.6) is 0 Å². The summed E-state index contributed by atoms with van der Waals surface area (Å²) in [6.07, 6.45) is 38.2. The largest absolute Gasteiger partial charge is 0.756 e. The van der Waals surface area contributed by atoms with Crippen LogP contribution in [0.25, 0.3) is 0 Å². The number of phosphoric acid groups is 1. The van der Waals surface area contributed by atoms with Gasteiger partial charge in [0.15, 0.2) is 6.10 Å². The average molecular weight is 940 g/mol. The maximum absolute atomic E-state index is 12.8. The molecule has 0 aromatic rings. The second-order valence-electron chi connectivity index (χ2n) is 19.3. The molecule has 0 aromatic heterocycles. The molecule has 1 unspecified atom stereocenters. The summed E-state index contributed by atoms with van der Waals surface area (Å²) in [7, 11) is 1.00. The lowest BCUT2D eigenvalue weighted by Crippen LogP contribution is -2.37. The minimum Gasteiger partial charge on any atom is -0.756 e. The molecule has 1 rings (SSSR count). The summed E-state index contributed by atoms with van der Waals surface area (Å²) in [5.41, 5.74) is 0. The number of carbonyl (C=O) groups excluding carboxylic acids is 3. The monoisotopic (exact) mass is 940 g/mol. The van der Waals surface area contributed by atoms with E-state index >= 15 is 0 Å². The summed E-state index contributed by atoms with van der Waals surface area (Å²) in [6, 6.07) is 0. The van der Waals surface area contributed by atoms with Crippen molar-refractivity contribution < 1.29 is 57.1 Å². The molecule has 0 bridgehead atoms. The average Bonchev–Trinajstić information content (AvgIpc) is 3.52. The number of hydrogen-bond donors (Lipinski definition) is 2. The normalized spacial score (nSPS) is 18.8. The molecule has 65 heavy (non-hydrogen) atoms. The molecule has 378 valence electrons. The first-order chi connectivity index (χ1) is 31.2. The summed E-state index contributed by atoms with van der Waals surface area (Å²) in [5, 5.41) is 20.8. The number of rotatable bonds is 43. The van der Waals surface area contributed by atoms with Crippen LogP contribution in [0.4, 0.5) is 0 Å². The van der Waals surface area contributed by atoms with Crippen molar-refractivity contribution in [2.45, 2.75) is 218 Å². The number of phosphoric ester groups is 1. The van der Waals surface area contributed by atoms with E-state index in [4.69, 9.17) is 18.5 Å². The Morgan fingerprint density at radius 1 is 0.723 bits per heavy atom. The van der Waals surface area contributed by atoms with Gasteiger partial charge in [-0.1, -0.05) is 159 Å². The zero-order valence-electron chi connectivity index (χ0n) is 41.6. The van der Waals surface area contributed by atoms with Crippen molar-refractivity contribution in [3.05, 3.63) is 36.5 Å². The molecule has 2 N–H and O–H groups in total. The Kier molecular flexibility index (Phi) is 36.3. The number of aliphatic hydroxyl groups is 2. The predicted octanol–water partition coefficient (Wildman–Crippen LogP) is 11.2. The van der Waals surface area contributed by atoms with Crippen LogP contribution in [0.3, 0.4) is 0 Å². The van der Waals surface area contributed by atoms with Crippen molar-refractivity contribution in [2.24, 2.45) is 11.8 Å². The number of esters is 2. The highest BCUT2D eigenvalue weighted by Crippen LogP contribution is 2.38. The molecule has 0 spiro atoms. The van der Waals surface area contributed by atoms with Gasteiger partial charge in [-0.15, -0.1) is 0 Å². The van der Waals surface area contributed by atoms with Gasteiger partial charge in [0.2, 0.25) is 0 Å². The van der Waals surface area contributed by atoms with Crippen molar-refractivity contribution >= 4 is 25.5 Å². The van der Waals surface area contributed by atoms with Crippen LogP contribution in [-0.4, -0.2) is 98.2 Å². The number of aliphatic hydroxyl groups excluding tert-OH is 2. The number of likely N-dealkylation sites (N-methyl/N-ethyl adjacent to an activating group) is 1. The quantitative estimate of drug-likeness (QED) is 0.0196. The van der Waals surface area contributed by atoms with E-state index < -0.39 is 44.7 Å². The molecule has 1 saturated carbocycles. The number of hydrogen-bond acceptors (Lipinski definition) is 11. The van der Waals surface area contributed by atoms with Crippen LogP contribution in [0.2, 0.25) is 0 Å². The third-order valence-corrected chi connectivity index (χ3v) is 13.0. The summed E-state index contributed by atoms with van der Waals surface area (Å²) in [5.74, 6) is -1.77. The van der Waals surface area contributed by atoms with E-state index in [0.717, 1.165) is 38.5 Å². The second-order valence-corrected chi connectivity index (χ2v) is 20.7. The molecule has 1 fully saturated rings. The predicted molar refractivity (Wildman–Crippen MR) is 260 cm³/mol. The standard InChI is InChI=1S/C52H94NO11P/c1-6-8-10-11-12-13-14-15-16-17-18-19-20-21-22-23-24-25-26-27-32-36-51(57)61-43-46(44-63-65(59,60)62-41-40-53(3,4)5)64-52(58)37-33-29-28-31-35-47-48(50(56)42-49(47)55)39-38-45(54)34-30-9-7-2/h15-16,28,31,38-39,45-48,50,54,56H,6-14,17-27,29-30,32-37,40-44H2,1-5H3/b16-15-,31-28-,39-38+/t45-,46+,47+,48+,50+/m0/s1. The highest BCUT2D eigenvalue weighted by molar-refractivity contribution is 7.45. The Morgan fingerprint density at radius 3 is 1.85 bits per heavy atom. The summed E-state index contributed by atoms with van der Waals surface area (Å²) >= 11 is 0. The molecule has 0 radical (unpaired) electrons. The highest BCUT2D eigenvalue weighted by atomic mass is 31.2. The number of ether oxygens (including phenoxy) is 2. The van der Waals surface area contributed by atoms with Gasteiger partial charge in [0.1, 0.15) is 25.5 Å². The Labute approximate surface area is 395 Å². The first kappa shape index (κ1) is 60.8. The molecule has 0 aliphatic heterocycles. The summed E-state index contributed by atoms with van der Waals surface area (Å²) in [6.45, 7) is 3.82. The number of quaternary nitrogens is 1. The van der Waals surface area contributed by atoms with Crippen molar-refractivity contribution in [3.8, 4) is 0 Å². The van der Waals surface area contributed by atoms with Crippen molar-refractivity contribution in [3.63, 3.8) is 0 Å². The Bertz CT molecular complexity index is 1360. The first-order valence-corrected chi connectivity index (χ1v) is 27.3. The highest BCUT2D eigenvalue weighted by Gasteiger charge is 2.39. The second kappa shape index (κ2) is 38.8. The van der Waals surface area contributed by atoms with E-state index in [1.54, 1.807) is 12.2 Å². The minimum absolute atomic E-state index is 0.00855. The molecule has 0 saturated heterocycles. The number of unbranched alkanes of at least 4 members (excludes halogenated alkanes) is 20. The Hall–Kier alpha value is -2.18. The van der Waals surface area contributed by atoms with E-state index in [9.17, 15) is 34.1 Å². The van der Waals surface area contributed by atoms with E-state index in [-0.39, 0.29) is 50.1 Å². The zero-order chi connectivity index (χ0) is 48.0. The van der Waals surface area contributed by atoms with Gasteiger partial charge in [-0.05, 0) is 57.8 Å². The maximum atomic E-state index is 12.8. The number of carbonyl (C=O) groups is 3. The van der Waals surface area contributed by atoms with Gasteiger partial charge in [0, 0.05) is 31.1 Å². The lowest BCUT2D eigenvalue weighted by Gasteiger charge is -2.28. The number of allylic oxidation sites excluding steroid dienone is 4. The number of ketones is 1. The molecule has 0 amide bonds. The summed E-state index contributed by atoms with van der Waals surface area (Å²) in [4.78, 5) is 50.5. The molecule has 1 aliphatic rings. The minimum atomic E-state index is -4.71. The smallest absolute Gasteiger partial charge is 0.306 e. The van der Waals surface area contributed by atoms with E-state index in [2.05, 4.69) is 26.0 Å². The molecular weight excluding hydrogens is 846 g/mol. The van der Waals surface area contributed by atoms with Crippen LogP contribution in [-0.2, 0) is 37.5 Å². The van der Waals surface area contributed by atoms with Crippen molar-refractivity contribution in [1.29, 1.82) is 0 Å². The zero-order valence-corrected chi connectivity index (χ0v) is 42.5. The number of Topliss-reactive ketones (excluding diaryl/α,β-unsaturated/α-hetero) is 1. The Balaban J connectivity index is 2.40. The van der Waals surface area contributed by atoms with E-state index in [0.29, 0.717) is 43.1 Å². The van der Waals surface area contributed by atoms with Gasteiger partial charge < -0.3 is 38.1 Å². The van der Waals surface area contributed by atoms with Gasteiger partial charge in [-0.3, -0.25) is 18.9 Å². The maximum Gasteiger partial charge on any atom is 0.306 e. The van der Waals surface area contributed by atoms with Crippen molar-refractivity contribution in [2.75, 3.05) is 47.5 Å². The van der Waals surface area contributed by atoms with Gasteiger partial charge in [0.05, 0.1) is 40.0 Å². The third-order valence-electron chi connectivity index (χ3n) is 12.0. The van der Waals surface area contributed by atoms with Crippen molar-refractivity contribution in [1.82, 2.24) is 0 Å². The van der Waals surface area contributed by atoms with Gasteiger partial charge >= 0.3 is 11.9 Å². The topological polar surface area (TPSA) is 169 Å². The first-order valence-electron chi connectivity index (χ1n) is 25.8. The molecule has 0 aromatic carbocycles. The van der Waals surface area contributed by atoms with Crippen LogP contribution in [0, 0.1) is 11.8 Å². The Morgan fingerprint density at radius 2 is 1.25 bits per heavy atom. The number of nitrogens with zero attached hydrogens (tertiary/aromatic N) is 1. The fourth-order valence-corrected chi connectivity index (χ4v) is 8.60. The molecule has 6 atom stereocenters.